The molecule has 1 saturated heterocycles. The Balaban J connectivity index is 2.09. The predicted molar refractivity (Wildman–Crippen MR) is 63.2 cm³/mol. The number of terminal acetylenes is 1. The fourth-order valence-electron chi connectivity index (χ4n) is 1.92. The minimum Gasteiger partial charge on any atom is -0.398 e. The molecule has 1 aromatic carbocycles. The number of carbonyl (C=O) groups excluding carboxylic acids is 1. The van der Waals surface area contributed by atoms with Crippen LogP contribution in [0.1, 0.15) is 12.0 Å². The Labute approximate surface area is 95.2 Å². The third-order valence-electron chi connectivity index (χ3n) is 2.87. The van der Waals surface area contributed by atoms with Crippen molar-refractivity contribution in [3.8, 4) is 12.3 Å². The summed E-state index contributed by atoms with van der Waals surface area (Å²) in [5.74, 6) is 2.80. The molecule has 2 N–H and O–H groups in total. The summed E-state index contributed by atoms with van der Waals surface area (Å²) in [5, 5.41) is 0. The largest absolute Gasteiger partial charge is 0.398 e. The summed E-state index contributed by atoms with van der Waals surface area (Å²) in [5.41, 5.74) is 7.53. The van der Waals surface area contributed by atoms with Gasteiger partial charge in [0.1, 0.15) is 0 Å². The van der Waals surface area contributed by atoms with E-state index in [1.165, 1.54) is 0 Å². The number of benzene rings is 1. The molecular weight excluding hydrogens is 200 g/mol. The van der Waals surface area contributed by atoms with Crippen molar-refractivity contribution in [1.82, 2.24) is 4.90 Å². The first kappa shape index (κ1) is 10.6. The fourth-order valence-corrected chi connectivity index (χ4v) is 1.92. The van der Waals surface area contributed by atoms with Crippen LogP contribution in [0.15, 0.2) is 24.3 Å². The van der Waals surface area contributed by atoms with Crippen molar-refractivity contribution in [3.63, 3.8) is 0 Å². The van der Waals surface area contributed by atoms with Gasteiger partial charge >= 0.3 is 0 Å². The average Bonchev–Trinajstić information content (AvgIpc) is 2.63. The summed E-state index contributed by atoms with van der Waals surface area (Å²) in [6.07, 6.45) is 5.79. The molecule has 0 bridgehead atoms. The van der Waals surface area contributed by atoms with Crippen LogP contribution in [-0.4, -0.2) is 17.4 Å². The number of nitrogen functional groups attached to an aromatic ring is 1. The zero-order valence-corrected chi connectivity index (χ0v) is 9.02. The molecule has 0 spiro atoms. The molecule has 1 aliphatic heterocycles. The van der Waals surface area contributed by atoms with Crippen molar-refractivity contribution in [2.45, 2.75) is 13.0 Å². The van der Waals surface area contributed by atoms with Gasteiger partial charge in [-0.1, -0.05) is 18.2 Å². The molecule has 3 heteroatoms. The Hall–Kier alpha value is -1.95. The lowest BCUT2D eigenvalue weighted by atomic mass is 10.1. The maximum absolute atomic E-state index is 11.6. The van der Waals surface area contributed by atoms with Gasteiger partial charge in [0.25, 0.3) is 0 Å². The van der Waals surface area contributed by atoms with Crippen LogP contribution in [0.5, 0.6) is 0 Å². The number of nitrogens with zero attached hydrogens (tertiary/aromatic N) is 1. The van der Waals surface area contributed by atoms with Gasteiger partial charge in [-0.05, 0) is 11.6 Å². The molecule has 3 nitrogen and oxygen atoms in total. The van der Waals surface area contributed by atoms with Crippen molar-refractivity contribution in [2.75, 3.05) is 12.3 Å². The second-order valence-electron chi connectivity index (χ2n) is 4.04. The van der Waals surface area contributed by atoms with E-state index >= 15 is 0 Å². The summed E-state index contributed by atoms with van der Waals surface area (Å²) >= 11 is 0. The van der Waals surface area contributed by atoms with Gasteiger partial charge < -0.3 is 10.6 Å². The van der Waals surface area contributed by atoms with Crippen molar-refractivity contribution >= 4 is 11.6 Å². The van der Waals surface area contributed by atoms with E-state index in [9.17, 15) is 4.79 Å². The first-order valence-electron chi connectivity index (χ1n) is 5.28. The molecule has 0 radical (unpaired) electrons. The Morgan fingerprint density at radius 3 is 2.88 bits per heavy atom. The SMILES string of the molecule is C#CC1CC(=O)N(Cc2ccccc2N)C1. The summed E-state index contributed by atoms with van der Waals surface area (Å²) < 4.78 is 0. The van der Waals surface area contributed by atoms with Gasteiger partial charge in [-0.25, -0.2) is 0 Å². The van der Waals surface area contributed by atoms with Crippen molar-refractivity contribution in [1.29, 1.82) is 0 Å². The average molecular weight is 214 g/mol. The minimum atomic E-state index is 0.0532. The maximum atomic E-state index is 11.6. The molecule has 0 saturated carbocycles. The van der Waals surface area contributed by atoms with Gasteiger partial charge in [0.15, 0.2) is 0 Å². The minimum absolute atomic E-state index is 0.0532. The predicted octanol–water partition coefficient (Wildman–Crippen LogP) is 1.25. The lowest BCUT2D eigenvalue weighted by Crippen LogP contribution is -2.24. The van der Waals surface area contributed by atoms with Crippen molar-refractivity contribution in [3.05, 3.63) is 29.8 Å². The highest BCUT2D eigenvalue weighted by Gasteiger charge is 2.28. The molecule has 1 aliphatic rings. The summed E-state index contributed by atoms with van der Waals surface area (Å²) in [6.45, 7) is 1.20. The number of amides is 1. The highest BCUT2D eigenvalue weighted by molar-refractivity contribution is 5.79. The lowest BCUT2D eigenvalue weighted by molar-refractivity contribution is -0.128. The zero-order chi connectivity index (χ0) is 11.5. The van der Waals surface area contributed by atoms with Gasteiger partial charge in [-0.2, -0.15) is 0 Å². The quantitative estimate of drug-likeness (QED) is 0.595. The Bertz CT molecular complexity index is 447. The van der Waals surface area contributed by atoms with Crippen LogP contribution in [0.2, 0.25) is 0 Å². The van der Waals surface area contributed by atoms with Crippen LogP contribution >= 0.6 is 0 Å². The number of hydrogen-bond donors (Lipinski definition) is 1. The van der Waals surface area contributed by atoms with Crippen LogP contribution in [0, 0.1) is 18.3 Å². The molecular formula is C13H14N2O. The molecule has 1 aromatic rings. The number of hydrogen-bond acceptors (Lipinski definition) is 2. The normalized spacial score (nSPS) is 19.8. The number of nitrogens with two attached hydrogens (primary N) is 1. The maximum Gasteiger partial charge on any atom is 0.224 e. The van der Waals surface area contributed by atoms with E-state index in [0.717, 1.165) is 11.3 Å². The van der Waals surface area contributed by atoms with Crippen LogP contribution in [-0.2, 0) is 11.3 Å². The molecule has 1 unspecified atom stereocenters. The van der Waals surface area contributed by atoms with Gasteiger partial charge in [0, 0.05) is 31.1 Å². The van der Waals surface area contributed by atoms with Gasteiger partial charge in [0.05, 0.1) is 0 Å². The van der Waals surface area contributed by atoms with E-state index < -0.39 is 0 Å². The molecule has 0 aromatic heterocycles. The molecule has 16 heavy (non-hydrogen) atoms. The molecule has 2 rings (SSSR count). The highest BCUT2D eigenvalue weighted by Crippen LogP contribution is 2.21. The Morgan fingerprint density at radius 1 is 1.50 bits per heavy atom. The van der Waals surface area contributed by atoms with Crippen molar-refractivity contribution in [2.24, 2.45) is 5.92 Å². The van der Waals surface area contributed by atoms with Crippen LogP contribution in [0.4, 0.5) is 5.69 Å². The molecule has 1 atom stereocenters. The van der Waals surface area contributed by atoms with E-state index in [1.54, 1.807) is 4.90 Å². The third-order valence-corrected chi connectivity index (χ3v) is 2.87. The lowest BCUT2D eigenvalue weighted by Gasteiger charge is -2.16. The van der Waals surface area contributed by atoms with Crippen LogP contribution < -0.4 is 5.73 Å². The number of anilines is 1. The van der Waals surface area contributed by atoms with E-state index in [1.807, 2.05) is 24.3 Å². The molecule has 1 heterocycles. The van der Waals surface area contributed by atoms with E-state index in [-0.39, 0.29) is 11.8 Å². The van der Waals surface area contributed by atoms with Crippen molar-refractivity contribution < 1.29 is 4.79 Å². The van der Waals surface area contributed by atoms with Crippen LogP contribution in [0.3, 0.4) is 0 Å². The Morgan fingerprint density at radius 2 is 2.25 bits per heavy atom. The van der Waals surface area contributed by atoms with Crippen LogP contribution in [0.25, 0.3) is 0 Å². The monoisotopic (exact) mass is 214 g/mol. The standard InChI is InChI=1S/C13H14N2O/c1-2-10-7-13(16)15(8-10)9-11-5-3-4-6-12(11)14/h1,3-6,10H,7-9,14H2. The second kappa shape index (κ2) is 4.28. The second-order valence-corrected chi connectivity index (χ2v) is 4.04. The number of carbonyl (C=O) groups is 1. The number of para-hydroxylation sites is 1. The van der Waals surface area contributed by atoms with Gasteiger partial charge in [0.2, 0.25) is 5.91 Å². The van der Waals surface area contributed by atoms with Gasteiger partial charge in [-0.3, -0.25) is 4.79 Å². The smallest absolute Gasteiger partial charge is 0.224 e. The fraction of sp³-hybridized carbons (Fsp3) is 0.308. The van der Waals surface area contributed by atoms with E-state index in [4.69, 9.17) is 12.2 Å². The van der Waals surface area contributed by atoms with E-state index in [2.05, 4.69) is 5.92 Å². The first-order chi connectivity index (χ1) is 7.70. The van der Waals surface area contributed by atoms with E-state index in [0.29, 0.717) is 19.5 Å². The highest BCUT2D eigenvalue weighted by atomic mass is 16.2. The molecule has 0 aliphatic carbocycles. The topological polar surface area (TPSA) is 46.3 Å². The summed E-state index contributed by atoms with van der Waals surface area (Å²) in [6, 6.07) is 7.58. The molecule has 1 amide bonds. The summed E-state index contributed by atoms with van der Waals surface area (Å²) in [4.78, 5) is 13.4. The number of rotatable bonds is 2. The molecule has 82 valence electrons. The molecule has 1 fully saturated rings. The Kier molecular flexibility index (Phi) is 2.82. The summed E-state index contributed by atoms with van der Waals surface area (Å²) in [7, 11) is 0. The van der Waals surface area contributed by atoms with Gasteiger partial charge in [-0.15, -0.1) is 12.3 Å². The first-order valence-corrected chi connectivity index (χ1v) is 5.28. The zero-order valence-electron chi connectivity index (χ0n) is 9.02. The third kappa shape index (κ3) is 2.01. The number of likely N-dealkylation sites (tertiary alicyclic amines) is 1.